The maximum Gasteiger partial charge on any atom is 0.267 e. The summed E-state index contributed by atoms with van der Waals surface area (Å²) in [6.07, 6.45) is 0. The average molecular weight is 300 g/mol. The highest BCUT2D eigenvalue weighted by Gasteiger charge is 2.17. The topological polar surface area (TPSA) is 55.1 Å². The molecule has 3 N–H and O–H groups in total. The number of benzene rings is 2. The first-order valence-electron chi connectivity index (χ1n) is 6.41. The number of fused-ring (bicyclic) bond motifs is 1. The van der Waals surface area contributed by atoms with Gasteiger partial charge in [0.05, 0.1) is 11.4 Å². The number of hydrogen-bond acceptors (Lipinski definition) is 3. The van der Waals surface area contributed by atoms with E-state index in [1.165, 1.54) is 17.4 Å². The molecule has 0 atom stereocenters. The van der Waals surface area contributed by atoms with Crippen LogP contribution in [0.25, 0.3) is 10.1 Å². The Kier molecular flexibility index (Phi) is 3.35. The lowest BCUT2D eigenvalue weighted by Crippen LogP contribution is -2.13. The zero-order valence-electron chi connectivity index (χ0n) is 11.3. The molecule has 3 rings (SSSR count). The molecule has 2 aromatic carbocycles. The maximum absolute atomic E-state index is 13.8. The van der Waals surface area contributed by atoms with Crippen molar-refractivity contribution in [1.29, 1.82) is 0 Å². The molecular formula is C16H13FN2OS. The molecule has 21 heavy (non-hydrogen) atoms. The number of rotatable bonds is 2. The molecule has 1 aromatic heterocycles. The summed E-state index contributed by atoms with van der Waals surface area (Å²) in [5.74, 6) is -0.848. The van der Waals surface area contributed by atoms with Crippen LogP contribution in [-0.2, 0) is 0 Å². The Morgan fingerprint density at radius 3 is 2.71 bits per heavy atom. The van der Waals surface area contributed by atoms with Gasteiger partial charge in [-0.25, -0.2) is 4.39 Å². The second kappa shape index (κ2) is 5.18. The van der Waals surface area contributed by atoms with E-state index in [0.717, 1.165) is 15.6 Å². The van der Waals surface area contributed by atoms with Gasteiger partial charge in [-0.15, -0.1) is 11.3 Å². The van der Waals surface area contributed by atoms with E-state index >= 15 is 0 Å². The number of aryl methyl sites for hydroxylation is 1. The van der Waals surface area contributed by atoms with Gasteiger partial charge < -0.3 is 11.1 Å². The van der Waals surface area contributed by atoms with Crippen LogP contribution in [0.4, 0.5) is 15.8 Å². The van der Waals surface area contributed by atoms with Crippen LogP contribution in [0.2, 0.25) is 0 Å². The highest BCUT2D eigenvalue weighted by Crippen LogP contribution is 2.33. The summed E-state index contributed by atoms with van der Waals surface area (Å²) < 4.78 is 14.7. The lowest BCUT2D eigenvalue weighted by molar-refractivity contribution is 0.103. The summed E-state index contributed by atoms with van der Waals surface area (Å²) in [5, 5.41) is 3.42. The van der Waals surface area contributed by atoms with E-state index in [9.17, 15) is 9.18 Å². The molecule has 0 radical (unpaired) electrons. The number of anilines is 2. The first-order valence-corrected chi connectivity index (χ1v) is 7.22. The SMILES string of the molecule is Cc1ccc(NC(=O)c2sc3ccccc3c2N)c(F)c1. The average Bonchev–Trinajstić information content (AvgIpc) is 2.80. The lowest BCUT2D eigenvalue weighted by Gasteiger charge is -2.06. The second-order valence-electron chi connectivity index (χ2n) is 4.78. The van der Waals surface area contributed by atoms with Crippen molar-refractivity contribution in [2.75, 3.05) is 11.1 Å². The molecule has 0 aliphatic carbocycles. The molecule has 3 nitrogen and oxygen atoms in total. The van der Waals surface area contributed by atoms with Crippen molar-refractivity contribution >= 4 is 38.7 Å². The number of thiophene rings is 1. The fourth-order valence-electron chi connectivity index (χ4n) is 2.13. The Morgan fingerprint density at radius 1 is 1.24 bits per heavy atom. The van der Waals surface area contributed by atoms with Gasteiger partial charge in [-0.05, 0) is 30.7 Å². The fraction of sp³-hybridized carbons (Fsp3) is 0.0625. The van der Waals surface area contributed by atoms with Crippen LogP contribution in [0.15, 0.2) is 42.5 Å². The Morgan fingerprint density at radius 2 is 2.00 bits per heavy atom. The molecule has 5 heteroatoms. The highest BCUT2D eigenvalue weighted by atomic mass is 32.1. The number of nitrogen functional groups attached to an aromatic ring is 1. The van der Waals surface area contributed by atoms with Crippen molar-refractivity contribution < 1.29 is 9.18 Å². The van der Waals surface area contributed by atoms with Crippen molar-refractivity contribution in [3.63, 3.8) is 0 Å². The number of hydrogen-bond donors (Lipinski definition) is 2. The van der Waals surface area contributed by atoms with Gasteiger partial charge in [0.2, 0.25) is 0 Å². The zero-order chi connectivity index (χ0) is 15.0. The van der Waals surface area contributed by atoms with E-state index in [0.29, 0.717) is 10.6 Å². The van der Waals surface area contributed by atoms with Crippen molar-refractivity contribution in [2.24, 2.45) is 0 Å². The van der Waals surface area contributed by atoms with Gasteiger partial charge in [-0.2, -0.15) is 0 Å². The Balaban J connectivity index is 1.95. The van der Waals surface area contributed by atoms with Crippen molar-refractivity contribution in [1.82, 2.24) is 0 Å². The van der Waals surface area contributed by atoms with Crippen LogP contribution in [0.1, 0.15) is 15.2 Å². The van der Waals surface area contributed by atoms with Crippen LogP contribution < -0.4 is 11.1 Å². The highest BCUT2D eigenvalue weighted by molar-refractivity contribution is 7.21. The van der Waals surface area contributed by atoms with Crippen LogP contribution in [0, 0.1) is 12.7 Å². The van der Waals surface area contributed by atoms with E-state index in [-0.39, 0.29) is 5.69 Å². The number of nitrogens with one attached hydrogen (secondary N) is 1. The van der Waals surface area contributed by atoms with Gasteiger partial charge in [-0.3, -0.25) is 4.79 Å². The van der Waals surface area contributed by atoms with Gasteiger partial charge in [0, 0.05) is 10.1 Å². The molecule has 0 aliphatic rings. The largest absolute Gasteiger partial charge is 0.397 e. The minimum atomic E-state index is -0.456. The number of carbonyl (C=O) groups is 1. The summed E-state index contributed by atoms with van der Waals surface area (Å²) in [5.41, 5.74) is 7.40. The second-order valence-corrected chi connectivity index (χ2v) is 5.83. The molecule has 0 unspecified atom stereocenters. The molecule has 106 valence electrons. The molecule has 0 fully saturated rings. The number of carbonyl (C=O) groups excluding carboxylic acids is 1. The third-order valence-corrected chi connectivity index (χ3v) is 4.40. The third kappa shape index (κ3) is 2.48. The summed E-state index contributed by atoms with van der Waals surface area (Å²) >= 11 is 1.30. The summed E-state index contributed by atoms with van der Waals surface area (Å²) in [4.78, 5) is 12.7. The Bertz CT molecular complexity index is 841. The molecule has 0 bridgehead atoms. The first-order chi connectivity index (χ1) is 10.1. The van der Waals surface area contributed by atoms with Gasteiger partial charge in [-0.1, -0.05) is 24.3 Å². The summed E-state index contributed by atoms with van der Waals surface area (Å²) in [7, 11) is 0. The van der Waals surface area contributed by atoms with E-state index in [4.69, 9.17) is 5.73 Å². The minimum absolute atomic E-state index is 0.155. The third-order valence-electron chi connectivity index (χ3n) is 3.21. The predicted octanol–water partition coefficient (Wildman–Crippen LogP) is 4.18. The van der Waals surface area contributed by atoms with Crippen LogP contribution in [0.5, 0.6) is 0 Å². The van der Waals surface area contributed by atoms with E-state index < -0.39 is 11.7 Å². The minimum Gasteiger partial charge on any atom is -0.397 e. The molecule has 1 amide bonds. The van der Waals surface area contributed by atoms with Crippen molar-refractivity contribution in [3.8, 4) is 0 Å². The van der Waals surface area contributed by atoms with Gasteiger partial charge >= 0.3 is 0 Å². The number of nitrogens with two attached hydrogens (primary N) is 1. The molecule has 0 spiro atoms. The predicted molar refractivity (Wildman–Crippen MR) is 85.3 cm³/mol. The van der Waals surface area contributed by atoms with E-state index in [1.54, 1.807) is 19.1 Å². The molecule has 0 saturated carbocycles. The van der Waals surface area contributed by atoms with Crippen molar-refractivity contribution in [3.05, 3.63) is 58.7 Å². The van der Waals surface area contributed by atoms with Crippen LogP contribution in [-0.4, -0.2) is 5.91 Å². The van der Waals surface area contributed by atoms with E-state index in [1.807, 2.05) is 24.3 Å². The number of amides is 1. The van der Waals surface area contributed by atoms with Crippen LogP contribution >= 0.6 is 11.3 Å². The van der Waals surface area contributed by atoms with Gasteiger partial charge in [0.1, 0.15) is 10.7 Å². The van der Waals surface area contributed by atoms with E-state index in [2.05, 4.69) is 5.32 Å². The molecule has 1 heterocycles. The van der Waals surface area contributed by atoms with Gasteiger partial charge in [0.15, 0.2) is 0 Å². The standard InChI is InChI=1S/C16H13FN2OS/c1-9-6-7-12(11(17)8-9)19-16(20)15-14(18)10-4-2-3-5-13(10)21-15/h2-8H,18H2,1H3,(H,19,20). The molecule has 0 saturated heterocycles. The monoisotopic (exact) mass is 300 g/mol. The number of halogens is 1. The lowest BCUT2D eigenvalue weighted by atomic mass is 10.2. The Hall–Kier alpha value is -2.40. The van der Waals surface area contributed by atoms with Crippen molar-refractivity contribution in [2.45, 2.75) is 6.92 Å². The van der Waals surface area contributed by atoms with Crippen LogP contribution in [0.3, 0.4) is 0 Å². The quantitative estimate of drug-likeness (QED) is 0.746. The zero-order valence-corrected chi connectivity index (χ0v) is 12.1. The summed E-state index contributed by atoms with van der Waals surface area (Å²) in [6.45, 7) is 1.79. The Labute approximate surface area is 125 Å². The normalized spacial score (nSPS) is 10.8. The summed E-state index contributed by atoms with van der Waals surface area (Å²) in [6, 6.07) is 12.2. The molecule has 0 aliphatic heterocycles. The molecular weight excluding hydrogens is 287 g/mol. The fourth-order valence-corrected chi connectivity index (χ4v) is 3.15. The molecule has 3 aromatic rings. The maximum atomic E-state index is 13.8. The smallest absolute Gasteiger partial charge is 0.267 e. The van der Waals surface area contributed by atoms with Gasteiger partial charge in [0.25, 0.3) is 5.91 Å². The first kappa shape index (κ1) is 13.6.